The Bertz CT molecular complexity index is 3250. The molecular weight excluding hydrogens is 863 g/mol. The minimum absolute atomic E-state index is 0.0228. The second-order valence-electron chi connectivity index (χ2n) is 15.2. The third kappa shape index (κ3) is 8.12. The van der Waals surface area contributed by atoms with E-state index in [1.54, 1.807) is 66.7 Å². The monoisotopic (exact) mass is 893 g/mol. The average molecular weight is 894 g/mol. The van der Waals surface area contributed by atoms with E-state index in [0.29, 0.717) is 55.8 Å². The molecule has 0 amide bonds. The van der Waals surface area contributed by atoms with Crippen molar-refractivity contribution < 1.29 is 55.2 Å². The van der Waals surface area contributed by atoms with Crippen molar-refractivity contribution in [3.05, 3.63) is 143 Å². The highest BCUT2D eigenvalue weighted by molar-refractivity contribution is 6.00. The number of hydrogen-bond donors (Lipinski definition) is 6. The summed E-state index contributed by atoms with van der Waals surface area (Å²) < 4.78 is 124. The van der Waals surface area contributed by atoms with Gasteiger partial charge < -0.3 is 30.0 Å². The highest BCUT2D eigenvalue weighted by atomic mass is 19.3. The van der Waals surface area contributed by atoms with Gasteiger partial charge in [-0.3, -0.25) is 5.73 Å². The molecule has 0 aliphatic carbocycles. The fraction of sp³-hybridized carbons (Fsp3) is 0.0833. The van der Waals surface area contributed by atoms with Crippen LogP contribution in [0.25, 0.3) is 90.9 Å². The van der Waals surface area contributed by atoms with Crippen LogP contribution >= 0.6 is 0 Å². The lowest BCUT2D eigenvalue weighted by Crippen LogP contribution is -2.39. The number of rotatable bonds is 9. The molecule has 0 atom stereocenters. The van der Waals surface area contributed by atoms with Crippen molar-refractivity contribution in [3.63, 3.8) is 0 Å². The first-order valence-corrected chi connectivity index (χ1v) is 19.5. The third-order valence-corrected chi connectivity index (χ3v) is 10.6. The molecule has 3 aromatic heterocycles. The Morgan fingerprint density at radius 2 is 0.846 bits per heavy atom. The van der Waals surface area contributed by atoms with Crippen LogP contribution in [0.4, 0.5) is 35.1 Å². The Balaban J connectivity index is 1.40. The number of nitrogens with two attached hydrogens (primary N) is 1. The fourth-order valence-electron chi connectivity index (χ4n) is 7.90. The molecule has 4 aromatic carbocycles. The second kappa shape index (κ2) is 16.0. The molecule has 65 heavy (non-hydrogen) atoms. The molecule has 328 valence electrons. The first kappa shape index (κ1) is 42.4. The zero-order valence-electron chi connectivity index (χ0n) is 33.2. The van der Waals surface area contributed by atoms with Gasteiger partial charge in [0.05, 0.1) is 34.8 Å². The standard InChI is InChI=1S/C48H31F8N5O4/c49-42-41(43(50)45(52)46(44(42)51)65-22-47(53,54)21-48(55,56)57)40-35-16-14-33(60-35)38(24-5-2-8-27(63)19-24)31-12-10-29(58-31)37(23-4-1-7-26(62)18-23)30-11-13-32(59-30)39(34-15-17-36(40)61-34)25-6-3-9-28(64)20-25/h1-20,58,61-64H,21-22,57H2. The van der Waals surface area contributed by atoms with Crippen LogP contribution in [-0.2, 0) is 0 Å². The maximum atomic E-state index is 16.5. The molecule has 5 heterocycles. The summed E-state index contributed by atoms with van der Waals surface area (Å²) in [5, 5.41) is 31.7. The van der Waals surface area contributed by atoms with E-state index in [9.17, 15) is 32.9 Å². The van der Waals surface area contributed by atoms with E-state index in [1.807, 2.05) is 0 Å². The quantitative estimate of drug-likeness (QED) is 0.0479. The van der Waals surface area contributed by atoms with Gasteiger partial charge in [0.15, 0.2) is 24.0 Å². The minimum Gasteiger partial charge on any atom is -0.508 e. The molecule has 9 nitrogen and oxygen atoms in total. The average Bonchev–Trinajstić information content (AvgIpc) is 4.09. The smallest absolute Gasteiger partial charge is 0.305 e. The van der Waals surface area contributed by atoms with Crippen molar-refractivity contribution in [1.82, 2.24) is 19.9 Å². The Labute approximate surface area is 362 Å². The van der Waals surface area contributed by atoms with E-state index in [2.05, 4.69) is 20.4 Å². The van der Waals surface area contributed by atoms with E-state index < -0.39 is 65.1 Å². The predicted molar refractivity (Wildman–Crippen MR) is 230 cm³/mol. The molecule has 7 aromatic rings. The maximum Gasteiger partial charge on any atom is 0.305 e. The van der Waals surface area contributed by atoms with Crippen LogP contribution in [0.1, 0.15) is 29.2 Å². The normalized spacial score (nSPS) is 12.6. The number of hydrogen-bond acceptors (Lipinski definition) is 7. The molecule has 0 spiro atoms. The third-order valence-electron chi connectivity index (χ3n) is 10.6. The summed E-state index contributed by atoms with van der Waals surface area (Å²) in [4.78, 5) is 16.2. The van der Waals surface area contributed by atoms with Gasteiger partial charge in [-0.25, -0.2) is 27.5 Å². The molecule has 17 heteroatoms. The largest absolute Gasteiger partial charge is 0.508 e. The lowest BCUT2D eigenvalue weighted by Gasteiger charge is -2.21. The lowest BCUT2D eigenvalue weighted by atomic mass is 10.0. The van der Waals surface area contributed by atoms with Crippen LogP contribution < -0.4 is 10.5 Å². The van der Waals surface area contributed by atoms with Crippen molar-refractivity contribution in [2.75, 3.05) is 6.61 Å². The molecule has 9 rings (SSSR count). The molecule has 2 aliphatic heterocycles. The number of benzene rings is 4. The van der Waals surface area contributed by atoms with Crippen molar-refractivity contribution >= 4 is 46.4 Å². The number of nitrogens with one attached hydrogen (secondary N) is 2. The van der Waals surface area contributed by atoms with Gasteiger partial charge in [-0.15, -0.1) is 0 Å². The molecule has 0 saturated carbocycles. The van der Waals surface area contributed by atoms with Crippen LogP contribution in [0.5, 0.6) is 23.0 Å². The van der Waals surface area contributed by atoms with Gasteiger partial charge in [-0.1, -0.05) is 36.4 Å². The van der Waals surface area contributed by atoms with E-state index in [4.69, 9.17) is 9.97 Å². The molecule has 0 radical (unpaired) electrons. The van der Waals surface area contributed by atoms with Gasteiger partial charge in [0.25, 0.3) is 5.92 Å². The van der Waals surface area contributed by atoms with Crippen molar-refractivity contribution in [2.24, 2.45) is 5.73 Å². The number of halogens is 8. The topological polar surface area (TPSA) is 153 Å². The van der Waals surface area contributed by atoms with Gasteiger partial charge in [0.1, 0.15) is 17.2 Å². The number of aromatic hydroxyl groups is 3. The number of nitrogens with zero attached hydrogens (tertiary/aromatic N) is 2. The summed E-state index contributed by atoms with van der Waals surface area (Å²) in [7, 11) is 0. The predicted octanol–water partition coefficient (Wildman–Crippen LogP) is 12.0. The van der Waals surface area contributed by atoms with Gasteiger partial charge >= 0.3 is 6.05 Å². The van der Waals surface area contributed by atoms with Crippen LogP contribution in [0.2, 0.25) is 0 Å². The van der Waals surface area contributed by atoms with Crippen molar-refractivity contribution in [1.29, 1.82) is 0 Å². The lowest BCUT2D eigenvalue weighted by molar-refractivity contribution is -0.125. The molecular formula is C48H31F8N5O4. The summed E-state index contributed by atoms with van der Waals surface area (Å²) in [5.74, 6) is -15.4. The summed E-state index contributed by atoms with van der Waals surface area (Å²) in [5.41, 5.74) is 6.69. The molecule has 0 saturated heterocycles. The summed E-state index contributed by atoms with van der Waals surface area (Å²) in [6.45, 7) is -2.11. The Morgan fingerprint density at radius 3 is 1.20 bits per heavy atom. The van der Waals surface area contributed by atoms with E-state index in [1.165, 1.54) is 54.6 Å². The van der Waals surface area contributed by atoms with Gasteiger partial charge in [-0.2, -0.15) is 17.6 Å². The maximum absolute atomic E-state index is 16.5. The summed E-state index contributed by atoms with van der Waals surface area (Å²) >= 11 is 0. The molecule has 0 fully saturated rings. The number of ether oxygens (including phenoxy) is 1. The number of aromatic amines is 2. The molecule has 2 aliphatic rings. The van der Waals surface area contributed by atoms with E-state index in [-0.39, 0.29) is 39.7 Å². The number of phenols is 3. The first-order valence-electron chi connectivity index (χ1n) is 19.5. The minimum atomic E-state index is -4.48. The van der Waals surface area contributed by atoms with Crippen LogP contribution in [0.3, 0.4) is 0 Å². The highest BCUT2D eigenvalue weighted by Gasteiger charge is 2.42. The number of H-pyrrole nitrogens is 2. The number of aromatic nitrogens is 4. The zero-order chi connectivity index (χ0) is 45.9. The molecule has 7 N–H and O–H groups in total. The Kier molecular flexibility index (Phi) is 10.4. The van der Waals surface area contributed by atoms with Gasteiger partial charge in [0.2, 0.25) is 11.6 Å². The van der Waals surface area contributed by atoms with E-state index >= 15 is 17.6 Å². The Hall–Kier alpha value is -7.92. The van der Waals surface area contributed by atoms with Crippen molar-refractivity contribution in [2.45, 2.75) is 18.4 Å². The first-order chi connectivity index (χ1) is 30.9. The summed E-state index contributed by atoms with van der Waals surface area (Å²) in [6, 6.07) is 20.6. The van der Waals surface area contributed by atoms with Crippen LogP contribution in [0, 0.1) is 23.3 Å². The van der Waals surface area contributed by atoms with Crippen LogP contribution in [0.15, 0.2) is 97.1 Å². The fourth-order valence-corrected chi connectivity index (χ4v) is 7.90. The van der Waals surface area contributed by atoms with Crippen LogP contribution in [-0.4, -0.2) is 53.8 Å². The molecule has 0 unspecified atom stereocenters. The Morgan fingerprint density at radius 1 is 0.492 bits per heavy atom. The summed E-state index contributed by atoms with van der Waals surface area (Å²) in [6.07, 6.45) is 3.88. The second-order valence-corrected chi connectivity index (χ2v) is 15.2. The van der Waals surface area contributed by atoms with E-state index in [0.717, 1.165) is 0 Å². The zero-order valence-corrected chi connectivity index (χ0v) is 33.2. The highest BCUT2D eigenvalue weighted by Crippen LogP contribution is 2.43. The van der Waals surface area contributed by atoms with Crippen molar-refractivity contribution in [3.8, 4) is 67.5 Å². The number of phenolic OH excluding ortho intramolecular Hbond substituents is 3. The molecule has 8 bridgehead atoms. The SMILES string of the molecule is NC(F)(F)CC(F)(F)COc1c(F)c(F)c(-c2c3nc(c(-c4cccc(O)c4)c4ccc([nH]4)c(-c4cccc(O)c4)c4nc(c(-c5cccc(O)c5)c5ccc2[nH]5)C=C4)C=C3)c(F)c1F. The number of alkyl halides is 4. The van der Waals surface area contributed by atoms with Gasteiger partial charge in [-0.05, 0) is 102 Å². The van der Waals surface area contributed by atoms with Gasteiger partial charge in [0, 0.05) is 44.3 Å². The number of fused-ring (bicyclic) bond motifs is 8.